The molecular formula is C15H18N2O. The summed E-state index contributed by atoms with van der Waals surface area (Å²) in [7, 11) is 1.64. The molecule has 0 atom stereocenters. The van der Waals surface area contributed by atoms with Gasteiger partial charge in [-0.25, -0.2) is 0 Å². The molecule has 0 aliphatic carbocycles. The first-order valence-electron chi connectivity index (χ1n) is 5.97. The highest BCUT2D eigenvalue weighted by Crippen LogP contribution is 2.29. The van der Waals surface area contributed by atoms with Gasteiger partial charge in [-0.2, -0.15) is 0 Å². The van der Waals surface area contributed by atoms with Gasteiger partial charge in [-0.1, -0.05) is 24.3 Å². The maximum absolute atomic E-state index is 6.05. The Labute approximate surface area is 107 Å². The van der Waals surface area contributed by atoms with Gasteiger partial charge < -0.3 is 16.2 Å². The lowest BCUT2D eigenvalue weighted by Crippen LogP contribution is -2.02. The van der Waals surface area contributed by atoms with Gasteiger partial charge in [0.1, 0.15) is 5.75 Å². The molecule has 94 valence electrons. The summed E-state index contributed by atoms with van der Waals surface area (Å²) in [6.07, 6.45) is 0.879. The van der Waals surface area contributed by atoms with Crippen molar-refractivity contribution in [2.45, 2.75) is 6.42 Å². The van der Waals surface area contributed by atoms with Crippen LogP contribution in [-0.4, -0.2) is 13.7 Å². The van der Waals surface area contributed by atoms with Gasteiger partial charge in [0, 0.05) is 17.3 Å². The summed E-state index contributed by atoms with van der Waals surface area (Å²) in [4.78, 5) is 0. The maximum atomic E-state index is 6.05. The molecule has 0 bridgehead atoms. The van der Waals surface area contributed by atoms with Gasteiger partial charge in [0.15, 0.2) is 0 Å². The fourth-order valence-electron chi connectivity index (χ4n) is 1.99. The van der Waals surface area contributed by atoms with Gasteiger partial charge in [0.2, 0.25) is 0 Å². The Morgan fingerprint density at radius 3 is 2.61 bits per heavy atom. The molecule has 0 aliphatic heterocycles. The summed E-state index contributed by atoms with van der Waals surface area (Å²) in [6.45, 7) is 0.654. The van der Waals surface area contributed by atoms with E-state index in [0.717, 1.165) is 29.0 Å². The number of nitrogen functional groups attached to an aromatic ring is 1. The van der Waals surface area contributed by atoms with Gasteiger partial charge >= 0.3 is 0 Å². The molecule has 3 heteroatoms. The number of anilines is 1. The van der Waals surface area contributed by atoms with E-state index in [1.807, 2.05) is 24.3 Å². The van der Waals surface area contributed by atoms with Gasteiger partial charge in [-0.3, -0.25) is 0 Å². The summed E-state index contributed by atoms with van der Waals surface area (Å²) >= 11 is 0. The van der Waals surface area contributed by atoms with Crippen molar-refractivity contribution in [1.29, 1.82) is 0 Å². The molecule has 18 heavy (non-hydrogen) atoms. The molecule has 0 saturated carbocycles. The van der Waals surface area contributed by atoms with Crippen LogP contribution in [0.3, 0.4) is 0 Å². The second-order valence-corrected chi connectivity index (χ2v) is 4.19. The molecule has 0 aromatic heterocycles. The molecule has 0 heterocycles. The lowest BCUT2D eigenvalue weighted by Gasteiger charge is -2.09. The second-order valence-electron chi connectivity index (χ2n) is 4.19. The highest BCUT2D eigenvalue weighted by molar-refractivity contribution is 5.77. The third-order valence-corrected chi connectivity index (χ3v) is 2.93. The number of rotatable bonds is 4. The van der Waals surface area contributed by atoms with E-state index in [9.17, 15) is 0 Å². The van der Waals surface area contributed by atoms with Crippen LogP contribution in [0.4, 0.5) is 5.69 Å². The molecule has 0 aliphatic rings. The molecule has 0 amide bonds. The predicted molar refractivity (Wildman–Crippen MR) is 75.6 cm³/mol. The molecule has 2 rings (SSSR count). The summed E-state index contributed by atoms with van der Waals surface area (Å²) in [5.41, 5.74) is 15.7. The third kappa shape index (κ3) is 2.63. The largest absolute Gasteiger partial charge is 0.497 e. The van der Waals surface area contributed by atoms with Crippen LogP contribution < -0.4 is 16.2 Å². The number of hydrogen-bond donors (Lipinski definition) is 2. The molecule has 0 radical (unpaired) electrons. The quantitative estimate of drug-likeness (QED) is 0.809. The summed E-state index contributed by atoms with van der Waals surface area (Å²) < 4.78 is 5.15. The van der Waals surface area contributed by atoms with Crippen LogP contribution in [0.5, 0.6) is 5.75 Å². The number of methoxy groups -OCH3 is 1. The molecule has 0 fully saturated rings. The van der Waals surface area contributed by atoms with Crippen molar-refractivity contribution in [3.63, 3.8) is 0 Å². The predicted octanol–water partition coefficient (Wildman–Crippen LogP) is 2.45. The number of nitrogens with two attached hydrogens (primary N) is 2. The molecule has 2 aromatic carbocycles. The SMILES string of the molecule is COc1ccc(-c2cccc(CCN)c2)c(N)c1. The maximum Gasteiger partial charge on any atom is 0.120 e. The zero-order valence-electron chi connectivity index (χ0n) is 10.5. The summed E-state index contributed by atoms with van der Waals surface area (Å²) in [5, 5.41) is 0. The minimum Gasteiger partial charge on any atom is -0.497 e. The Morgan fingerprint density at radius 1 is 1.11 bits per heavy atom. The van der Waals surface area contributed by atoms with Crippen LogP contribution in [-0.2, 0) is 6.42 Å². The van der Waals surface area contributed by atoms with Gasteiger partial charge in [-0.05, 0) is 36.2 Å². The van der Waals surface area contributed by atoms with E-state index < -0.39 is 0 Å². The fraction of sp³-hybridized carbons (Fsp3) is 0.200. The molecule has 4 N–H and O–H groups in total. The van der Waals surface area contributed by atoms with E-state index in [0.29, 0.717) is 6.54 Å². The Morgan fingerprint density at radius 2 is 1.94 bits per heavy atom. The smallest absolute Gasteiger partial charge is 0.120 e. The first-order chi connectivity index (χ1) is 8.74. The molecule has 0 saturated heterocycles. The first kappa shape index (κ1) is 12.5. The van der Waals surface area contributed by atoms with Crippen LogP contribution >= 0.6 is 0 Å². The van der Waals surface area contributed by atoms with E-state index in [-0.39, 0.29) is 0 Å². The van der Waals surface area contributed by atoms with Gasteiger partial charge in [0.25, 0.3) is 0 Å². The van der Waals surface area contributed by atoms with E-state index in [2.05, 4.69) is 18.2 Å². The van der Waals surface area contributed by atoms with Crippen LogP contribution in [0.1, 0.15) is 5.56 Å². The van der Waals surface area contributed by atoms with Crippen LogP contribution in [0.15, 0.2) is 42.5 Å². The normalized spacial score (nSPS) is 10.3. The Bertz CT molecular complexity index is 538. The standard InChI is InChI=1S/C15H18N2O/c1-18-13-5-6-14(15(17)10-13)12-4-2-3-11(9-12)7-8-16/h2-6,9-10H,7-8,16-17H2,1H3. The van der Waals surface area contributed by atoms with Crippen molar-refractivity contribution < 1.29 is 4.74 Å². The lowest BCUT2D eigenvalue weighted by atomic mass is 10.0. The van der Waals surface area contributed by atoms with E-state index in [1.165, 1.54) is 5.56 Å². The van der Waals surface area contributed by atoms with E-state index >= 15 is 0 Å². The Balaban J connectivity index is 2.38. The minimum atomic E-state index is 0.654. The highest BCUT2D eigenvalue weighted by atomic mass is 16.5. The van der Waals surface area contributed by atoms with Crippen molar-refractivity contribution in [2.75, 3.05) is 19.4 Å². The number of hydrogen-bond acceptors (Lipinski definition) is 3. The topological polar surface area (TPSA) is 61.3 Å². The Hall–Kier alpha value is -2.00. The van der Waals surface area contributed by atoms with E-state index in [1.54, 1.807) is 7.11 Å². The summed E-state index contributed by atoms with van der Waals surface area (Å²) in [5.74, 6) is 0.773. The zero-order valence-corrected chi connectivity index (χ0v) is 10.5. The molecule has 3 nitrogen and oxygen atoms in total. The minimum absolute atomic E-state index is 0.654. The molecule has 2 aromatic rings. The van der Waals surface area contributed by atoms with Crippen molar-refractivity contribution in [3.8, 4) is 16.9 Å². The molecule has 0 spiro atoms. The van der Waals surface area contributed by atoms with Gasteiger partial charge in [-0.15, -0.1) is 0 Å². The van der Waals surface area contributed by atoms with Crippen LogP contribution in [0.2, 0.25) is 0 Å². The monoisotopic (exact) mass is 242 g/mol. The average molecular weight is 242 g/mol. The van der Waals surface area contributed by atoms with Crippen molar-refractivity contribution in [1.82, 2.24) is 0 Å². The fourth-order valence-corrected chi connectivity index (χ4v) is 1.99. The average Bonchev–Trinajstić information content (AvgIpc) is 2.39. The third-order valence-electron chi connectivity index (χ3n) is 2.93. The highest BCUT2D eigenvalue weighted by Gasteiger charge is 2.04. The molecule has 0 unspecified atom stereocenters. The lowest BCUT2D eigenvalue weighted by molar-refractivity contribution is 0.415. The van der Waals surface area contributed by atoms with Crippen LogP contribution in [0, 0.1) is 0 Å². The van der Waals surface area contributed by atoms with Gasteiger partial charge in [0.05, 0.1) is 7.11 Å². The van der Waals surface area contributed by atoms with Crippen molar-refractivity contribution >= 4 is 5.69 Å². The van der Waals surface area contributed by atoms with E-state index in [4.69, 9.17) is 16.2 Å². The summed E-state index contributed by atoms with van der Waals surface area (Å²) in [6, 6.07) is 14.0. The zero-order chi connectivity index (χ0) is 13.0. The first-order valence-corrected chi connectivity index (χ1v) is 5.97. The number of benzene rings is 2. The van der Waals surface area contributed by atoms with Crippen molar-refractivity contribution in [2.24, 2.45) is 5.73 Å². The Kier molecular flexibility index (Phi) is 3.85. The second kappa shape index (κ2) is 5.56. The van der Waals surface area contributed by atoms with Crippen LogP contribution in [0.25, 0.3) is 11.1 Å². The number of ether oxygens (including phenoxy) is 1. The van der Waals surface area contributed by atoms with Crippen molar-refractivity contribution in [3.05, 3.63) is 48.0 Å². The molecular weight excluding hydrogens is 224 g/mol.